The molecule has 11 heavy (non-hydrogen) atoms. The molecular weight excluding hydrogens is 140 g/mol. The fourth-order valence-corrected chi connectivity index (χ4v) is 0.479. The predicted molar refractivity (Wildman–Crippen MR) is 45.1 cm³/mol. The fourth-order valence-electron chi connectivity index (χ4n) is 0.479. The smallest absolute Gasteiger partial charge is 0.330 e. The first-order valence-corrected chi connectivity index (χ1v) is 3.38. The van der Waals surface area contributed by atoms with Crippen molar-refractivity contribution in [3.63, 3.8) is 0 Å². The van der Waals surface area contributed by atoms with Crippen molar-refractivity contribution in [3.05, 3.63) is 37.5 Å². The maximum atomic E-state index is 10.5. The van der Waals surface area contributed by atoms with Crippen LogP contribution in [0.15, 0.2) is 37.5 Å². The molecule has 0 rings (SSSR count). The fraction of sp³-hybridized carbons (Fsp3) is 0.222. The molecule has 0 aromatic heterocycles. The molecular formula is C9H12O2. The van der Waals surface area contributed by atoms with Crippen LogP contribution in [0.1, 0.15) is 6.42 Å². The Morgan fingerprint density at radius 2 is 2.18 bits per heavy atom. The van der Waals surface area contributed by atoms with Gasteiger partial charge in [0.05, 0.1) is 6.61 Å². The van der Waals surface area contributed by atoms with Crippen LogP contribution in [-0.2, 0) is 9.53 Å². The average Bonchev–Trinajstić information content (AvgIpc) is 2.04. The number of ether oxygens (including phenoxy) is 1. The summed E-state index contributed by atoms with van der Waals surface area (Å²) >= 11 is 0. The molecule has 0 aromatic rings. The lowest BCUT2D eigenvalue weighted by Gasteiger charge is -1.96. The Kier molecular flexibility index (Phi) is 5.99. The summed E-state index contributed by atoms with van der Waals surface area (Å²) < 4.78 is 4.70. The highest BCUT2D eigenvalue weighted by atomic mass is 16.5. The zero-order valence-electron chi connectivity index (χ0n) is 6.45. The van der Waals surface area contributed by atoms with Crippen molar-refractivity contribution in [1.82, 2.24) is 0 Å². The first-order chi connectivity index (χ1) is 5.31. The number of esters is 1. The van der Waals surface area contributed by atoms with Gasteiger partial charge in [-0.15, -0.1) is 0 Å². The van der Waals surface area contributed by atoms with Crippen molar-refractivity contribution in [3.8, 4) is 0 Å². The van der Waals surface area contributed by atoms with E-state index in [1.54, 1.807) is 6.08 Å². The van der Waals surface area contributed by atoms with E-state index in [1.807, 2.05) is 12.2 Å². The van der Waals surface area contributed by atoms with Gasteiger partial charge in [-0.25, -0.2) is 4.79 Å². The molecule has 0 atom stereocenters. The normalized spacial score (nSPS) is 9.45. The second-order valence-electron chi connectivity index (χ2n) is 1.82. The lowest BCUT2D eigenvalue weighted by Crippen LogP contribution is -2.00. The summed E-state index contributed by atoms with van der Waals surface area (Å²) in [5.74, 6) is -0.378. The first-order valence-electron chi connectivity index (χ1n) is 3.38. The van der Waals surface area contributed by atoms with E-state index in [0.29, 0.717) is 13.0 Å². The first kappa shape index (κ1) is 9.69. The Labute approximate surface area is 66.9 Å². The van der Waals surface area contributed by atoms with Gasteiger partial charge in [-0.05, 0) is 6.42 Å². The third kappa shape index (κ3) is 6.58. The Morgan fingerprint density at radius 1 is 1.45 bits per heavy atom. The van der Waals surface area contributed by atoms with E-state index >= 15 is 0 Å². The number of hydrogen-bond acceptors (Lipinski definition) is 2. The van der Waals surface area contributed by atoms with Crippen molar-refractivity contribution in [2.45, 2.75) is 6.42 Å². The van der Waals surface area contributed by atoms with Gasteiger partial charge in [0.25, 0.3) is 0 Å². The molecule has 0 amide bonds. The molecule has 0 heterocycles. The number of hydrogen-bond donors (Lipinski definition) is 0. The standard InChI is InChI=1S/C9H12O2/c1-3-5-6-7-8-11-9(10)4-2/h3-6H,1-2,7-8H2/b6-5+. The summed E-state index contributed by atoms with van der Waals surface area (Å²) in [6, 6.07) is 0. The molecule has 0 saturated heterocycles. The van der Waals surface area contributed by atoms with Crippen molar-refractivity contribution >= 4 is 5.97 Å². The zero-order chi connectivity index (χ0) is 8.53. The summed E-state index contributed by atoms with van der Waals surface area (Å²) in [6.07, 6.45) is 7.23. The van der Waals surface area contributed by atoms with Gasteiger partial charge in [-0.1, -0.05) is 31.4 Å². The highest BCUT2D eigenvalue weighted by Gasteiger charge is 1.90. The van der Waals surface area contributed by atoms with Crippen LogP contribution in [0.4, 0.5) is 0 Å². The van der Waals surface area contributed by atoms with Gasteiger partial charge in [0.15, 0.2) is 0 Å². The van der Waals surface area contributed by atoms with Gasteiger partial charge in [-0.2, -0.15) is 0 Å². The van der Waals surface area contributed by atoms with Crippen LogP contribution in [0.25, 0.3) is 0 Å². The molecule has 60 valence electrons. The maximum Gasteiger partial charge on any atom is 0.330 e. The van der Waals surface area contributed by atoms with E-state index in [-0.39, 0.29) is 5.97 Å². The zero-order valence-corrected chi connectivity index (χ0v) is 6.45. The van der Waals surface area contributed by atoms with Crippen molar-refractivity contribution in [2.75, 3.05) is 6.61 Å². The Balaban J connectivity index is 3.27. The maximum absolute atomic E-state index is 10.5. The van der Waals surface area contributed by atoms with Crippen LogP contribution in [0, 0.1) is 0 Å². The number of carbonyl (C=O) groups excluding carboxylic acids is 1. The molecule has 0 aliphatic carbocycles. The summed E-state index contributed by atoms with van der Waals surface area (Å²) in [5, 5.41) is 0. The highest BCUT2D eigenvalue weighted by Crippen LogP contribution is 1.86. The average molecular weight is 152 g/mol. The number of allylic oxidation sites excluding steroid dienone is 2. The minimum Gasteiger partial charge on any atom is -0.462 e. The minimum atomic E-state index is -0.378. The predicted octanol–water partition coefficient (Wildman–Crippen LogP) is 1.85. The van der Waals surface area contributed by atoms with E-state index in [0.717, 1.165) is 6.08 Å². The topological polar surface area (TPSA) is 26.3 Å². The van der Waals surface area contributed by atoms with Crippen molar-refractivity contribution in [2.24, 2.45) is 0 Å². The van der Waals surface area contributed by atoms with E-state index in [4.69, 9.17) is 4.74 Å². The molecule has 0 radical (unpaired) electrons. The van der Waals surface area contributed by atoms with Gasteiger partial charge in [0, 0.05) is 6.08 Å². The molecule has 0 saturated carbocycles. The van der Waals surface area contributed by atoms with Crippen LogP contribution in [0.5, 0.6) is 0 Å². The molecule has 2 nitrogen and oxygen atoms in total. The van der Waals surface area contributed by atoms with Gasteiger partial charge in [-0.3, -0.25) is 0 Å². The molecule has 0 aliphatic heterocycles. The molecule has 0 aromatic carbocycles. The van der Waals surface area contributed by atoms with E-state index in [2.05, 4.69) is 13.2 Å². The molecule has 0 aliphatic rings. The van der Waals surface area contributed by atoms with Crippen LogP contribution < -0.4 is 0 Å². The van der Waals surface area contributed by atoms with E-state index in [1.165, 1.54) is 0 Å². The molecule has 0 spiro atoms. The van der Waals surface area contributed by atoms with Gasteiger partial charge < -0.3 is 4.74 Å². The second kappa shape index (κ2) is 6.81. The molecule has 0 fully saturated rings. The van der Waals surface area contributed by atoms with Gasteiger partial charge >= 0.3 is 5.97 Å². The third-order valence-electron chi connectivity index (χ3n) is 0.968. The monoisotopic (exact) mass is 152 g/mol. The summed E-state index contributed by atoms with van der Waals surface area (Å²) in [7, 11) is 0. The quantitative estimate of drug-likeness (QED) is 0.260. The largest absolute Gasteiger partial charge is 0.462 e. The van der Waals surface area contributed by atoms with E-state index in [9.17, 15) is 4.79 Å². The molecule has 0 bridgehead atoms. The summed E-state index contributed by atoms with van der Waals surface area (Å²) in [4.78, 5) is 10.5. The Bertz CT molecular complexity index is 168. The SMILES string of the molecule is C=C/C=C/CCOC(=O)C=C. The van der Waals surface area contributed by atoms with E-state index < -0.39 is 0 Å². The number of rotatable bonds is 5. The molecule has 0 N–H and O–H groups in total. The lowest BCUT2D eigenvalue weighted by atomic mass is 10.4. The molecule has 0 unspecified atom stereocenters. The lowest BCUT2D eigenvalue weighted by molar-refractivity contribution is -0.137. The Morgan fingerprint density at radius 3 is 2.73 bits per heavy atom. The van der Waals surface area contributed by atoms with Crippen LogP contribution >= 0.6 is 0 Å². The summed E-state index contributed by atoms with van der Waals surface area (Å²) in [5.41, 5.74) is 0. The van der Waals surface area contributed by atoms with Crippen LogP contribution in [-0.4, -0.2) is 12.6 Å². The number of carbonyl (C=O) groups is 1. The van der Waals surface area contributed by atoms with Gasteiger partial charge in [0.2, 0.25) is 0 Å². The van der Waals surface area contributed by atoms with Crippen molar-refractivity contribution < 1.29 is 9.53 Å². The van der Waals surface area contributed by atoms with Crippen molar-refractivity contribution in [1.29, 1.82) is 0 Å². The molecule has 2 heteroatoms. The Hall–Kier alpha value is -1.31. The second-order valence-corrected chi connectivity index (χ2v) is 1.82. The highest BCUT2D eigenvalue weighted by molar-refractivity contribution is 5.81. The van der Waals surface area contributed by atoms with Crippen LogP contribution in [0.2, 0.25) is 0 Å². The van der Waals surface area contributed by atoms with Gasteiger partial charge in [0.1, 0.15) is 0 Å². The third-order valence-corrected chi connectivity index (χ3v) is 0.968. The van der Waals surface area contributed by atoms with Crippen LogP contribution in [0.3, 0.4) is 0 Å². The summed E-state index contributed by atoms with van der Waals surface area (Å²) in [6.45, 7) is 7.16. The minimum absolute atomic E-state index is 0.378.